The van der Waals surface area contributed by atoms with Crippen LogP contribution in [0.1, 0.15) is 12.0 Å². The highest BCUT2D eigenvalue weighted by atomic mass is 32.2. The Morgan fingerprint density at radius 2 is 1.63 bits per heavy atom. The standard InChI is InChI=1S/C21H25N3O4S2/c1-16-3-5-17(6-4-16)22-21(29)23-9-11-24(12-10-23)30(25,26)18-7-8-19-20(15-18)28-14-2-13-27-19/h3-8,15H,2,9-14H2,1H3,(H,22,29). The van der Waals surface area contributed by atoms with Crippen molar-refractivity contribution in [3.8, 4) is 11.5 Å². The first-order valence-corrected chi connectivity index (χ1v) is 11.8. The molecule has 0 aromatic heterocycles. The van der Waals surface area contributed by atoms with Crippen molar-refractivity contribution in [1.82, 2.24) is 9.21 Å². The summed E-state index contributed by atoms with van der Waals surface area (Å²) >= 11 is 5.51. The highest BCUT2D eigenvalue weighted by Gasteiger charge is 2.30. The lowest BCUT2D eigenvalue weighted by Gasteiger charge is -2.35. The third-order valence-corrected chi connectivity index (χ3v) is 7.44. The Labute approximate surface area is 182 Å². The van der Waals surface area contributed by atoms with Crippen molar-refractivity contribution < 1.29 is 17.9 Å². The molecule has 0 aliphatic carbocycles. The highest BCUT2D eigenvalue weighted by molar-refractivity contribution is 7.89. The predicted octanol–water partition coefficient (Wildman–Crippen LogP) is 2.86. The van der Waals surface area contributed by atoms with Crippen LogP contribution in [0, 0.1) is 6.92 Å². The number of aryl methyl sites for hydroxylation is 1. The number of anilines is 1. The van der Waals surface area contributed by atoms with Gasteiger partial charge in [-0.15, -0.1) is 0 Å². The first-order chi connectivity index (χ1) is 14.4. The van der Waals surface area contributed by atoms with E-state index in [1.165, 1.54) is 9.87 Å². The fraction of sp³-hybridized carbons (Fsp3) is 0.381. The summed E-state index contributed by atoms with van der Waals surface area (Å²) in [5, 5.41) is 3.83. The zero-order valence-corrected chi connectivity index (χ0v) is 18.5. The van der Waals surface area contributed by atoms with Gasteiger partial charge in [0.25, 0.3) is 0 Å². The summed E-state index contributed by atoms with van der Waals surface area (Å²) in [7, 11) is -3.61. The molecule has 9 heteroatoms. The summed E-state index contributed by atoms with van der Waals surface area (Å²) in [5.74, 6) is 1.07. The van der Waals surface area contributed by atoms with E-state index in [0.717, 1.165) is 12.1 Å². The Morgan fingerprint density at radius 3 is 2.33 bits per heavy atom. The smallest absolute Gasteiger partial charge is 0.243 e. The molecule has 30 heavy (non-hydrogen) atoms. The number of thiocarbonyl (C=S) groups is 1. The second-order valence-electron chi connectivity index (χ2n) is 7.35. The van der Waals surface area contributed by atoms with E-state index >= 15 is 0 Å². The SMILES string of the molecule is Cc1ccc(NC(=S)N2CCN(S(=O)(=O)c3ccc4c(c3)OCCCO4)CC2)cc1. The third kappa shape index (κ3) is 4.53. The number of rotatable bonds is 3. The lowest BCUT2D eigenvalue weighted by atomic mass is 10.2. The van der Waals surface area contributed by atoms with Crippen LogP contribution in [0.4, 0.5) is 5.69 Å². The largest absolute Gasteiger partial charge is 0.490 e. The van der Waals surface area contributed by atoms with Crippen LogP contribution >= 0.6 is 12.2 Å². The first-order valence-electron chi connectivity index (χ1n) is 9.96. The fourth-order valence-corrected chi connectivity index (χ4v) is 5.16. The van der Waals surface area contributed by atoms with Crippen molar-refractivity contribution in [3.05, 3.63) is 48.0 Å². The summed E-state index contributed by atoms with van der Waals surface area (Å²) in [6.07, 6.45) is 0.773. The summed E-state index contributed by atoms with van der Waals surface area (Å²) in [6, 6.07) is 12.8. The normalized spacial score (nSPS) is 17.3. The minimum atomic E-state index is -3.61. The van der Waals surface area contributed by atoms with E-state index in [9.17, 15) is 8.42 Å². The minimum Gasteiger partial charge on any atom is -0.490 e. The second-order valence-corrected chi connectivity index (χ2v) is 9.67. The molecule has 4 rings (SSSR count). The number of nitrogens with zero attached hydrogens (tertiary/aromatic N) is 2. The zero-order chi connectivity index (χ0) is 21.1. The molecule has 2 aliphatic rings. The molecule has 160 valence electrons. The van der Waals surface area contributed by atoms with Gasteiger partial charge in [-0.1, -0.05) is 17.7 Å². The van der Waals surface area contributed by atoms with Crippen molar-refractivity contribution >= 4 is 33.0 Å². The summed E-state index contributed by atoms with van der Waals surface area (Å²) in [5.41, 5.74) is 2.10. The van der Waals surface area contributed by atoms with E-state index in [1.54, 1.807) is 18.2 Å². The van der Waals surface area contributed by atoms with E-state index in [-0.39, 0.29) is 4.90 Å². The fourth-order valence-electron chi connectivity index (χ4n) is 3.42. The number of fused-ring (bicyclic) bond motifs is 1. The Kier molecular flexibility index (Phi) is 6.12. The Hall–Kier alpha value is -2.36. The topological polar surface area (TPSA) is 71.1 Å². The third-order valence-electron chi connectivity index (χ3n) is 5.19. The Morgan fingerprint density at radius 1 is 0.967 bits per heavy atom. The average molecular weight is 448 g/mol. The number of sulfonamides is 1. The molecule has 2 aliphatic heterocycles. The first kappa shape index (κ1) is 20.9. The van der Waals surface area contributed by atoms with Crippen LogP contribution in [0.2, 0.25) is 0 Å². The molecule has 1 saturated heterocycles. The van der Waals surface area contributed by atoms with Gasteiger partial charge in [-0.3, -0.25) is 0 Å². The number of hydrogen-bond acceptors (Lipinski definition) is 5. The molecule has 1 fully saturated rings. The maximum atomic E-state index is 13.1. The molecule has 7 nitrogen and oxygen atoms in total. The molecular formula is C21H25N3O4S2. The van der Waals surface area contributed by atoms with Gasteiger partial charge in [-0.05, 0) is 43.4 Å². The number of ether oxygens (including phenoxy) is 2. The van der Waals surface area contributed by atoms with Gasteiger partial charge >= 0.3 is 0 Å². The van der Waals surface area contributed by atoms with Crippen LogP contribution in [0.5, 0.6) is 11.5 Å². The van der Waals surface area contributed by atoms with Gasteiger partial charge in [-0.25, -0.2) is 8.42 Å². The lowest BCUT2D eigenvalue weighted by molar-refractivity contribution is 0.268. The lowest BCUT2D eigenvalue weighted by Crippen LogP contribution is -2.51. The maximum Gasteiger partial charge on any atom is 0.243 e. The van der Waals surface area contributed by atoms with Crippen LogP contribution in [-0.2, 0) is 10.0 Å². The van der Waals surface area contributed by atoms with E-state index < -0.39 is 10.0 Å². The van der Waals surface area contributed by atoms with Crippen molar-refractivity contribution in [1.29, 1.82) is 0 Å². The number of hydrogen-bond donors (Lipinski definition) is 1. The second kappa shape index (κ2) is 8.79. The molecule has 2 aromatic rings. The monoisotopic (exact) mass is 447 g/mol. The average Bonchev–Trinajstić information content (AvgIpc) is 3.00. The summed E-state index contributed by atoms with van der Waals surface area (Å²) in [4.78, 5) is 2.22. The molecule has 0 radical (unpaired) electrons. The van der Waals surface area contributed by atoms with Crippen LogP contribution in [0.3, 0.4) is 0 Å². The summed E-state index contributed by atoms with van der Waals surface area (Å²) in [6.45, 7) is 4.91. The van der Waals surface area contributed by atoms with Crippen LogP contribution in [-0.4, -0.2) is 62.1 Å². The Bertz CT molecular complexity index is 1020. The minimum absolute atomic E-state index is 0.223. The quantitative estimate of drug-likeness (QED) is 0.726. The highest BCUT2D eigenvalue weighted by Crippen LogP contribution is 2.33. The van der Waals surface area contributed by atoms with Gasteiger partial charge in [-0.2, -0.15) is 4.31 Å². The van der Waals surface area contributed by atoms with E-state index in [1.807, 2.05) is 36.1 Å². The van der Waals surface area contributed by atoms with Crippen LogP contribution in [0.25, 0.3) is 0 Å². The molecule has 0 amide bonds. The van der Waals surface area contributed by atoms with Gasteiger partial charge in [0, 0.05) is 44.4 Å². The molecule has 1 N–H and O–H groups in total. The van der Waals surface area contributed by atoms with E-state index in [0.29, 0.717) is 56.0 Å². The van der Waals surface area contributed by atoms with Crippen LogP contribution < -0.4 is 14.8 Å². The van der Waals surface area contributed by atoms with Crippen molar-refractivity contribution in [2.75, 3.05) is 44.7 Å². The van der Waals surface area contributed by atoms with Crippen molar-refractivity contribution in [2.24, 2.45) is 0 Å². The Balaban J connectivity index is 1.40. The maximum absolute atomic E-state index is 13.1. The van der Waals surface area contributed by atoms with Crippen molar-refractivity contribution in [2.45, 2.75) is 18.2 Å². The van der Waals surface area contributed by atoms with Crippen molar-refractivity contribution in [3.63, 3.8) is 0 Å². The van der Waals surface area contributed by atoms with E-state index in [4.69, 9.17) is 21.7 Å². The van der Waals surface area contributed by atoms with Crippen LogP contribution in [0.15, 0.2) is 47.4 Å². The molecule has 0 bridgehead atoms. The number of benzene rings is 2. The molecule has 2 heterocycles. The molecule has 2 aromatic carbocycles. The van der Waals surface area contributed by atoms with Gasteiger partial charge in [0.15, 0.2) is 16.6 Å². The van der Waals surface area contributed by atoms with Gasteiger partial charge in [0.2, 0.25) is 10.0 Å². The van der Waals surface area contributed by atoms with Gasteiger partial charge < -0.3 is 19.7 Å². The predicted molar refractivity (Wildman–Crippen MR) is 120 cm³/mol. The number of nitrogens with one attached hydrogen (secondary N) is 1. The molecular weight excluding hydrogens is 422 g/mol. The molecule has 0 saturated carbocycles. The zero-order valence-electron chi connectivity index (χ0n) is 16.8. The van der Waals surface area contributed by atoms with Gasteiger partial charge in [0.05, 0.1) is 18.1 Å². The number of piperazine rings is 1. The van der Waals surface area contributed by atoms with Gasteiger partial charge in [0.1, 0.15) is 0 Å². The molecule has 0 spiro atoms. The summed E-state index contributed by atoms with van der Waals surface area (Å²) < 4.78 is 39.0. The molecule has 0 unspecified atom stereocenters. The molecule has 0 atom stereocenters. The van der Waals surface area contributed by atoms with E-state index in [2.05, 4.69) is 5.32 Å².